The van der Waals surface area contributed by atoms with Gasteiger partial charge in [0.15, 0.2) is 6.61 Å². The predicted octanol–water partition coefficient (Wildman–Crippen LogP) is 2.87. The topological polar surface area (TPSA) is 96.0 Å². The Kier molecular flexibility index (Phi) is 7.29. The summed E-state index contributed by atoms with van der Waals surface area (Å²) in [5, 5.41) is 2.74. The summed E-state index contributed by atoms with van der Waals surface area (Å²) < 4.78 is 32.0. The number of esters is 1. The van der Waals surface area contributed by atoms with Crippen molar-refractivity contribution >= 4 is 33.3 Å². The molecule has 2 aromatic carbocycles. The molecule has 2 heterocycles. The Morgan fingerprint density at radius 1 is 0.909 bits per heavy atom. The number of rotatable bonds is 7. The standard InChI is InChI=1S/C24H29N3O5S/c28-23(25-20-8-10-21(11-9-20)26-14-4-5-15-26)18-32-24(29)19-12-16-27(17-13-19)33(30,31)22-6-2-1-3-7-22/h1-3,6-11,19H,4-5,12-18H2,(H,25,28). The Hall–Kier alpha value is -2.91. The van der Waals surface area contributed by atoms with Crippen LogP contribution < -0.4 is 10.2 Å². The third kappa shape index (κ3) is 5.72. The number of nitrogens with one attached hydrogen (secondary N) is 1. The molecule has 2 saturated heterocycles. The fourth-order valence-electron chi connectivity index (χ4n) is 4.26. The lowest BCUT2D eigenvalue weighted by atomic mass is 9.98. The molecule has 176 valence electrons. The number of sulfonamides is 1. The van der Waals surface area contributed by atoms with Crippen molar-refractivity contribution in [2.75, 3.05) is 43.0 Å². The molecule has 1 N–H and O–H groups in total. The molecular weight excluding hydrogens is 442 g/mol. The van der Waals surface area contributed by atoms with Gasteiger partial charge < -0.3 is 15.0 Å². The molecule has 2 fully saturated rings. The number of nitrogens with zero attached hydrogens (tertiary/aromatic N) is 2. The van der Waals surface area contributed by atoms with Gasteiger partial charge in [-0.2, -0.15) is 4.31 Å². The Balaban J connectivity index is 1.21. The van der Waals surface area contributed by atoms with E-state index in [-0.39, 0.29) is 24.6 Å². The van der Waals surface area contributed by atoms with E-state index in [1.807, 2.05) is 24.3 Å². The van der Waals surface area contributed by atoms with Crippen LogP contribution in [0, 0.1) is 5.92 Å². The van der Waals surface area contributed by atoms with E-state index in [0.717, 1.165) is 18.8 Å². The fourth-order valence-corrected chi connectivity index (χ4v) is 5.75. The van der Waals surface area contributed by atoms with E-state index >= 15 is 0 Å². The highest BCUT2D eigenvalue weighted by Crippen LogP contribution is 2.25. The average molecular weight is 472 g/mol. The van der Waals surface area contributed by atoms with Crippen molar-refractivity contribution in [2.24, 2.45) is 5.92 Å². The van der Waals surface area contributed by atoms with Gasteiger partial charge in [0.2, 0.25) is 10.0 Å². The first-order chi connectivity index (χ1) is 15.9. The highest BCUT2D eigenvalue weighted by molar-refractivity contribution is 7.89. The molecule has 1 amide bonds. The van der Waals surface area contributed by atoms with Gasteiger partial charge in [-0.15, -0.1) is 0 Å². The van der Waals surface area contributed by atoms with Crippen LogP contribution in [0.1, 0.15) is 25.7 Å². The maximum atomic E-state index is 12.7. The first-order valence-corrected chi connectivity index (χ1v) is 12.7. The van der Waals surface area contributed by atoms with Crippen LogP contribution in [-0.2, 0) is 24.3 Å². The Bertz CT molecular complexity index is 1060. The number of ether oxygens (including phenoxy) is 1. The van der Waals surface area contributed by atoms with Gasteiger partial charge in [-0.05, 0) is 62.1 Å². The first kappa shape index (κ1) is 23.3. The van der Waals surface area contributed by atoms with Gasteiger partial charge in [0.05, 0.1) is 10.8 Å². The number of carbonyl (C=O) groups is 2. The van der Waals surface area contributed by atoms with Crippen molar-refractivity contribution in [3.8, 4) is 0 Å². The quantitative estimate of drug-likeness (QED) is 0.624. The van der Waals surface area contributed by atoms with Crippen LogP contribution in [0.25, 0.3) is 0 Å². The maximum absolute atomic E-state index is 12.7. The first-order valence-electron chi connectivity index (χ1n) is 11.3. The minimum atomic E-state index is -3.57. The molecule has 33 heavy (non-hydrogen) atoms. The average Bonchev–Trinajstić information content (AvgIpc) is 3.39. The maximum Gasteiger partial charge on any atom is 0.309 e. The monoisotopic (exact) mass is 471 g/mol. The number of benzene rings is 2. The molecular formula is C24H29N3O5S. The zero-order valence-electron chi connectivity index (χ0n) is 18.5. The van der Waals surface area contributed by atoms with Crippen LogP contribution in [0.5, 0.6) is 0 Å². The third-order valence-electron chi connectivity index (χ3n) is 6.14. The van der Waals surface area contributed by atoms with Gasteiger partial charge in [0, 0.05) is 37.6 Å². The number of carbonyl (C=O) groups excluding carboxylic acids is 2. The lowest BCUT2D eigenvalue weighted by molar-refractivity contribution is -0.152. The Morgan fingerprint density at radius 2 is 1.55 bits per heavy atom. The summed E-state index contributed by atoms with van der Waals surface area (Å²) in [5.74, 6) is -1.28. The van der Waals surface area contributed by atoms with Crippen LogP contribution in [0.2, 0.25) is 0 Å². The van der Waals surface area contributed by atoms with Crippen molar-refractivity contribution in [2.45, 2.75) is 30.6 Å². The minimum Gasteiger partial charge on any atom is -0.455 e. The lowest BCUT2D eigenvalue weighted by Gasteiger charge is -2.30. The van der Waals surface area contributed by atoms with Crippen LogP contribution in [0.15, 0.2) is 59.5 Å². The second-order valence-corrected chi connectivity index (χ2v) is 10.3. The molecule has 0 atom stereocenters. The molecule has 0 bridgehead atoms. The van der Waals surface area contributed by atoms with Crippen molar-refractivity contribution in [3.05, 3.63) is 54.6 Å². The molecule has 2 aromatic rings. The van der Waals surface area contributed by atoms with Gasteiger partial charge in [-0.1, -0.05) is 18.2 Å². The number of hydrogen-bond acceptors (Lipinski definition) is 6. The molecule has 2 aliphatic rings. The molecule has 0 aliphatic carbocycles. The van der Waals surface area contributed by atoms with E-state index in [2.05, 4.69) is 10.2 Å². The Labute approximate surface area is 194 Å². The van der Waals surface area contributed by atoms with Crippen LogP contribution >= 0.6 is 0 Å². The van der Waals surface area contributed by atoms with Gasteiger partial charge in [0.25, 0.3) is 5.91 Å². The zero-order chi connectivity index (χ0) is 23.3. The summed E-state index contributed by atoms with van der Waals surface area (Å²) in [7, 11) is -3.57. The Morgan fingerprint density at radius 3 is 2.18 bits per heavy atom. The molecule has 0 aromatic heterocycles. The number of hydrogen-bond donors (Lipinski definition) is 1. The van der Waals surface area contributed by atoms with Crippen molar-refractivity contribution in [1.29, 1.82) is 0 Å². The van der Waals surface area contributed by atoms with Gasteiger partial charge in [-0.3, -0.25) is 9.59 Å². The zero-order valence-corrected chi connectivity index (χ0v) is 19.3. The summed E-state index contributed by atoms with van der Waals surface area (Å²) in [6.45, 7) is 2.23. The lowest BCUT2D eigenvalue weighted by Crippen LogP contribution is -2.40. The van der Waals surface area contributed by atoms with Crippen molar-refractivity contribution < 1.29 is 22.7 Å². The molecule has 0 spiro atoms. The molecule has 9 heteroatoms. The number of amides is 1. The van der Waals surface area contributed by atoms with Gasteiger partial charge in [-0.25, -0.2) is 8.42 Å². The summed E-state index contributed by atoms with van der Waals surface area (Å²) in [6.07, 6.45) is 3.13. The van der Waals surface area contributed by atoms with Gasteiger partial charge >= 0.3 is 5.97 Å². The number of piperidine rings is 1. The summed E-state index contributed by atoms with van der Waals surface area (Å²) in [6, 6.07) is 15.9. The van der Waals surface area contributed by atoms with E-state index in [4.69, 9.17) is 4.74 Å². The largest absolute Gasteiger partial charge is 0.455 e. The van der Waals surface area contributed by atoms with E-state index in [1.165, 1.54) is 17.1 Å². The van der Waals surface area contributed by atoms with Gasteiger partial charge in [0.1, 0.15) is 0 Å². The normalized spacial score (nSPS) is 17.6. The van der Waals surface area contributed by atoms with Crippen LogP contribution in [0.4, 0.5) is 11.4 Å². The molecule has 0 saturated carbocycles. The summed E-state index contributed by atoms with van der Waals surface area (Å²) in [5.41, 5.74) is 1.79. The van der Waals surface area contributed by atoms with E-state index < -0.39 is 27.8 Å². The second kappa shape index (κ2) is 10.4. The SMILES string of the molecule is O=C(COC(=O)C1CCN(S(=O)(=O)c2ccccc2)CC1)Nc1ccc(N2CCCC2)cc1. The molecule has 2 aliphatic heterocycles. The minimum absolute atomic E-state index is 0.243. The van der Waals surface area contributed by atoms with Crippen LogP contribution in [0.3, 0.4) is 0 Å². The highest BCUT2D eigenvalue weighted by Gasteiger charge is 2.32. The summed E-state index contributed by atoms with van der Waals surface area (Å²) in [4.78, 5) is 27.1. The third-order valence-corrected chi connectivity index (χ3v) is 8.05. The van der Waals surface area contributed by atoms with E-state index in [9.17, 15) is 18.0 Å². The van der Waals surface area contributed by atoms with E-state index in [1.54, 1.807) is 30.3 Å². The number of anilines is 2. The molecule has 0 unspecified atom stereocenters. The van der Waals surface area contributed by atoms with Crippen LogP contribution in [-0.4, -0.2) is 57.4 Å². The van der Waals surface area contributed by atoms with Crippen molar-refractivity contribution in [3.63, 3.8) is 0 Å². The smallest absolute Gasteiger partial charge is 0.309 e. The predicted molar refractivity (Wildman–Crippen MR) is 125 cm³/mol. The molecule has 8 nitrogen and oxygen atoms in total. The summed E-state index contributed by atoms with van der Waals surface area (Å²) >= 11 is 0. The van der Waals surface area contributed by atoms with Crippen molar-refractivity contribution in [1.82, 2.24) is 4.31 Å². The molecule has 4 rings (SSSR count). The van der Waals surface area contributed by atoms with E-state index in [0.29, 0.717) is 18.5 Å². The highest BCUT2D eigenvalue weighted by atomic mass is 32.2. The second-order valence-electron chi connectivity index (χ2n) is 8.39. The fraction of sp³-hybridized carbons (Fsp3) is 0.417. The molecule has 0 radical (unpaired) electrons.